The van der Waals surface area contributed by atoms with E-state index in [4.69, 9.17) is 16.6 Å². The van der Waals surface area contributed by atoms with Crippen molar-refractivity contribution in [3.63, 3.8) is 0 Å². The monoisotopic (exact) mass is 418 g/mol. The van der Waals surface area contributed by atoms with E-state index in [9.17, 15) is 4.79 Å². The van der Waals surface area contributed by atoms with Crippen molar-refractivity contribution >= 4 is 29.1 Å². The molecule has 1 aromatic heterocycles. The molecule has 0 aliphatic heterocycles. The van der Waals surface area contributed by atoms with E-state index >= 15 is 0 Å². The smallest absolute Gasteiger partial charge is 0.159 e. The molecule has 0 aliphatic rings. The first-order chi connectivity index (χ1) is 14.0. The number of aromatic nitrogens is 2. The van der Waals surface area contributed by atoms with Crippen molar-refractivity contribution in [3.05, 3.63) is 89.4 Å². The van der Waals surface area contributed by atoms with Crippen molar-refractivity contribution in [2.75, 3.05) is 0 Å². The van der Waals surface area contributed by atoms with E-state index in [0.29, 0.717) is 10.6 Å². The van der Waals surface area contributed by atoms with Crippen molar-refractivity contribution in [1.29, 1.82) is 0 Å². The summed E-state index contributed by atoms with van der Waals surface area (Å²) in [5, 5.41) is 1.74. The summed E-state index contributed by atoms with van der Waals surface area (Å²) < 4.78 is 2.11. The molecule has 0 atom stereocenters. The van der Waals surface area contributed by atoms with Crippen LogP contribution in [0.25, 0.3) is 22.6 Å². The number of hydrogen-bond acceptors (Lipinski definition) is 3. The minimum Gasteiger partial charge on any atom is -0.322 e. The Hall–Kier alpha value is -2.82. The summed E-state index contributed by atoms with van der Waals surface area (Å²) >= 11 is 7.69. The van der Waals surface area contributed by atoms with Crippen LogP contribution < -0.4 is 0 Å². The Labute approximate surface area is 179 Å². The lowest BCUT2D eigenvalue weighted by atomic mass is 10.1. The van der Waals surface area contributed by atoms with Gasteiger partial charge in [0.1, 0.15) is 16.5 Å². The highest BCUT2D eigenvalue weighted by molar-refractivity contribution is 7.99. The fraction of sp³-hybridized carbons (Fsp3) is 0.0833. The zero-order valence-corrected chi connectivity index (χ0v) is 17.7. The average molecular weight is 419 g/mol. The molecular weight excluding hydrogens is 400 g/mol. The number of ketones is 1. The third kappa shape index (κ3) is 4.14. The van der Waals surface area contributed by atoms with Crippen molar-refractivity contribution in [2.24, 2.45) is 7.05 Å². The van der Waals surface area contributed by atoms with Gasteiger partial charge in [0.2, 0.25) is 0 Å². The lowest BCUT2D eigenvalue weighted by Crippen LogP contribution is -1.94. The predicted octanol–water partition coefficient (Wildman–Crippen LogP) is 6.76. The molecule has 0 bridgehead atoms. The predicted molar refractivity (Wildman–Crippen MR) is 120 cm³/mol. The van der Waals surface area contributed by atoms with Gasteiger partial charge in [-0.3, -0.25) is 4.79 Å². The van der Waals surface area contributed by atoms with Crippen LogP contribution in [-0.4, -0.2) is 15.3 Å². The van der Waals surface area contributed by atoms with Gasteiger partial charge < -0.3 is 4.57 Å². The van der Waals surface area contributed by atoms with Crippen molar-refractivity contribution in [1.82, 2.24) is 9.55 Å². The van der Waals surface area contributed by atoms with Crippen LogP contribution in [0.2, 0.25) is 5.02 Å². The molecule has 29 heavy (non-hydrogen) atoms. The van der Waals surface area contributed by atoms with Crippen LogP contribution in [0.15, 0.2) is 88.8 Å². The molecule has 0 saturated carbocycles. The Morgan fingerprint density at radius 2 is 1.55 bits per heavy atom. The van der Waals surface area contributed by atoms with E-state index in [2.05, 4.69) is 16.7 Å². The summed E-state index contributed by atoms with van der Waals surface area (Å²) in [7, 11) is 2.03. The Balaban J connectivity index is 1.83. The normalized spacial score (nSPS) is 10.9. The zero-order valence-electron chi connectivity index (χ0n) is 16.1. The first-order valence-electron chi connectivity index (χ1n) is 9.20. The molecule has 0 fully saturated rings. The highest BCUT2D eigenvalue weighted by Crippen LogP contribution is 2.38. The van der Waals surface area contributed by atoms with Gasteiger partial charge in [0.15, 0.2) is 5.78 Å². The number of carbonyl (C=O) groups excluding carboxylic acids is 1. The van der Waals surface area contributed by atoms with E-state index in [1.807, 2.05) is 73.8 Å². The standard InChI is InChI=1S/C24H19ClN2OS/c1-16(28)17-8-10-18(11-9-17)22-24(29-21-14-12-20(25)13-15-21)27(2)23(26-22)19-6-4-3-5-7-19/h3-15H,1-2H3. The summed E-state index contributed by atoms with van der Waals surface area (Å²) in [6.45, 7) is 1.57. The van der Waals surface area contributed by atoms with Gasteiger partial charge in [-0.25, -0.2) is 4.98 Å². The second-order valence-electron chi connectivity index (χ2n) is 6.70. The average Bonchev–Trinajstić information content (AvgIpc) is 3.06. The number of carbonyl (C=O) groups is 1. The largest absolute Gasteiger partial charge is 0.322 e. The van der Waals surface area contributed by atoms with E-state index in [1.165, 1.54) is 0 Å². The Morgan fingerprint density at radius 3 is 2.17 bits per heavy atom. The second kappa shape index (κ2) is 8.27. The second-order valence-corrected chi connectivity index (χ2v) is 8.20. The van der Waals surface area contributed by atoms with E-state index in [0.717, 1.165) is 32.6 Å². The van der Waals surface area contributed by atoms with Crippen LogP contribution in [0.3, 0.4) is 0 Å². The van der Waals surface area contributed by atoms with Gasteiger partial charge in [-0.1, -0.05) is 78.0 Å². The fourth-order valence-electron chi connectivity index (χ4n) is 3.11. The molecule has 3 aromatic carbocycles. The van der Waals surface area contributed by atoms with Crippen LogP contribution in [0, 0.1) is 0 Å². The summed E-state index contributed by atoms with van der Waals surface area (Å²) in [4.78, 5) is 17.7. The number of benzene rings is 3. The first kappa shape index (κ1) is 19.5. The highest BCUT2D eigenvalue weighted by atomic mass is 35.5. The van der Waals surface area contributed by atoms with E-state index in [-0.39, 0.29) is 5.78 Å². The molecule has 0 N–H and O–H groups in total. The molecule has 1 heterocycles. The Morgan fingerprint density at radius 1 is 0.897 bits per heavy atom. The molecule has 0 saturated heterocycles. The number of rotatable bonds is 5. The summed E-state index contributed by atoms with van der Waals surface area (Å²) in [6, 6.07) is 25.5. The minimum atomic E-state index is 0.0540. The molecular formula is C24H19ClN2OS. The van der Waals surface area contributed by atoms with Gasteiger partial charge in [-0.05, 0) is 31.2 Å². The molecule has 4 rings (SSSR count). The van der Waals surface area contributed by atoms with Crippen molar-refractivity contribution < 1.29 is 4.79 Å². The number of Topliss-reactive ketones (excluding diaryl/α,β-unsaturated/α-hetero) is 1. The highest BCUT2D eigenvalue weighted by Gasteiger charge is 2.19. The van der Waals surface area contributed by atoms with Crippen LogP contribution in [0.4, 0.5) is 0 Å². The third-order valence-electron chi connectivity index (χ3n) is 4.67. The van der Waals surface area contributed by atoms with Crippen LogP contribution in [-0.2, 0) is 7.05 Å². The van der Waals surface area contributed by atoms with Crippen LogP contribution >= 0.6 is 23.4 Å². The molecule has 5 heteroatoms. The van der Waals surface area contributed by atoms with Gasteiger partial charge in [0.25, 0.3) is 0 Å². The molecule has 0 amide bonds. The van der Waals surface area contributed by atoms with Crippen molar-refractivity contribution in [3.8, 4) is 22.6 Å². The number of imidazole rings is 1. The van der Waals surface area contributed by atoms with Crippen LogP contribution in [0.5, 0.6) is 0 Å². The number of hydrogen-bond donors (Lipinski definition) is 0. The van der Waals surface area contributed by atoms with Crippen LogP contribution in [0.1, 0.15) is 17.3 Å². The Kier molecular flexibility index (Phi) is 5.56. The lowest BCUT2D eigenvalue weighted by molar-refractivity contribution is 0.101. The summed E-state index contributed by atoms with van der Waals surface area (Å²) in [6.07, 6.45) is 0. The fourth-order valence-corrected chi connectivity index (χ4v) is 4.22. The molecule has 0 aliphatic carbocycles. The van der Waals surface area contributed by atoms with Gasteiger partial charge in [-0.2, -0.15) is 0 Å². The van der Waals surface area contributed by atoms with Gasteiger partial charge in [-0.15, -0.1) is 0 Å². The molecule has 144 valence electrons. The lowest BCUT2D eigenvalue weighted by Gasteiger charge is -2.08. The Bertz CT molecular complexity index is 1150. The van der Waals surface area contributed by atoms with Gasteiger partial charge in [0.05, 0.1) is 0 Å². The van der Waals surface area contributed by atoms with E-state index < -0.39 is 0 Å². The third-order valence-corrected chi connectivity index (χ3v) is 6.09. The number of halogens is 1. The minimum absolute atomic E-state index is 0.0540. The molecule has 0 spiro atoms. The quantitative estimate of drug-likeness (QED) is 0.336. The molecule has 0 radical (unpaired) electrons. The number of nitrogens with zero attached hydrogens (tertiary/aromatic N) is 2. The molecule has 0 unspecified atom stereocenters. The molecule has 4 aromatic rings. The maximum atomic E-state index is 11.6. The zero-order chi connectivity index (χ0) is 20.4. The topological polar surface area (TPSA) is 34.9 Å². The SMILES string of the molecule is CC(=O)c1ccc(-c2nc(-c3ccccc3)n(C)c2Sc2ccc(Cl)cc2)cc1. The first-order valence-corrected chi connectivity index (χ1v) is 10.4. The van der Waals surface area contributed by atoms with Gasteiger partial charge >= 0.3 is 0 Å². The van der Waals surface area contributed by atoms with E-state index in [1.54, 1.807) is 18.7 Å². The molecule has 3 nitrogen and oxygen atoms in total. The summed E-state index contributed by atoms with van der Waals surface area (Å²) in [5.41, 5.74) is 3.62. The maximum absolute atomic E-state index is 11.6. The van der Waals surface area contributed by atoms with Crippen molar-refractivity contribution in [2.45, 2.75) is 16.8 Å². The summed E-state index contributed by atoms with van der Waals surface area (Å²) in [5.74, 6) is 0.950. The maximum Gasteiger partial charge on any atom is 0.159 e. The van der Waals surface area contributed by atoms with Gasteiger partial charge in [0, 0.05) is 33.7 Å².